The third-order valence-electron chi connectivity index (χ3n) is 2.93. The van der Waals surface area contributed by atoms with Crippen LogP contribution in [0.1, 0.15) is 20.7 Å². The second-order valence-corrected chi connectivity index (χ2v) is 6.58. The molecule has 0 radical (unpaired) electrons. The van der Waals surface area contributed by atoms with Crippen LogP contribution >= 0.6 is 38.5 Å². The first-order valence-electron chi connectivity index (χ1n) is 6.37. The van der Waals surface area contributed by atoms with Crippen molar-refractivity contribution in [2.75, 3.05) is 6.61 Å². The van der Waals surface area contributed by atoms with Crippen LogP contribution in [-0.4, -0.2) is 23.6 Å². The number of Topliss-reactive ketones (excluding diaryl/α,β-unsaturated/α-hetero) is 1. The summed E-state index contributed by atoms with van der Waals surface area (Å²) in [5.41, 5.74) is 0.553. The van der Waals surface area contributed by atoms with Gasteiger partial charge >= 0.3 is 5.97 Å². The Kier molecular flexibility index (Phi) is 6.25. The largest absolute Gasteiger partial charge is 0.595 e. The molecular formula is C15H11BrINO5. The van der Waals surface area contributed by atoms with Crippen LogP contribution in [0.4, 0.5) is 5.69 Å². The number of benzene rings is 2. The number of quaternary nitrogens is 1. The summed E-state index contributed by atoms with van der Waals surface area (Å²) in [6, 6.07) is 10.8. The SMILES string of the molecule is O=C(COC(=O)c1ccc(Br)cc1)c1ccc(I)c([NH+]([O-])O)c1. The molecule has 120 valence electrons. The fourth-order valence-electron chi connectivity index (χ4n) is 1.75. The molecule has 23 heavy (non-hydrogen) atoms. The average Bonchev–Trinajstić information content (AvgIpc) is 2.53. The van der Waals surface area contributed by atoms with Gasteiger partial charge in [0.25, 0.3) is 0 Å². The summed E-state index contributed by atoms with van der Waals surface area (Å²) in [7, 11) is 0. The van der Waals surface area contributed by atoms with Crippen LogP contribution in [0, 0.1) is 8.78 Å². The monoisotopic (exact) mass is 491 g/mol. The average molecular weight is 492 g/mol. The molecule has 0 fully saturated rings. The summed E-state index contributed by atoms with van der Waals surface area (Å²) in [6.45, 7) is -0.450. The van der Waals surface area contributed by atoms with Crippen molar-refractivity contribution in [1.82, 2.24) is 0 Å². The first kappa shape index (κ1) is 18.0. The summed E-state index contributed by atoms with van der Waals surface area (Å²) in [4.78, 5) is 23.9. The Morgan fingerprint density at radius 1 is 1.17 bits per heavy atom. The predicted molar refractivity (Wildman–Crippen MR) is 93.7 cm³/mol. The Balaban J connectivity index is 2.03. The van der Waals surface area contributed by atoms with Crippen LogP contribution in [0.5, 0.6) is 0 Å². The normalized spacial score (nSPS) is 11.8. The van der Waals surface area contributed by atoms with Crippen LogP contribution in [0.2, 0.25) is 0 Å². The second kappa shape index (κ2) is 7.97. The summed E-state index contributed by atoms with van der Waals surface area (Å²) >= 11 is 5.13. The molecule has 0 aromatic heterocycles. The Morgan fingerprint density at radius 2 is 1.78 bits per heavy atom. The van der Waals surface area contributed by atoms with Gasteiger partial charge in [-0.05, 0) is 59.0 Å². The van der Waals surface area contributed by atoms with E-state index in [1.165, 1.54) is 18.2 Å². The lowest BCUT2D eigenvalue weighted by molar-refractivity contribution is -0.991. The number of esters is 1. The minimum atomic E-state index is -1.11. The molecule has 1 unspecified atom stereocenters. The number of ketones is 1. The van der Waals surface area contributed by atoms with E-state index in [0.29, 0.717) is 9.13 Å². The Bertz CT molecular complexity index is 733. The van der Waals surface area contributed by atoms with E-state index in [0.717, 1.165) is 4.47 Å². The molecule has 1 atom stereocenters. The molecule has 8 heteroatoms. The molecule has 2 aromatic carbocycles. The molecule has 2 aromatic rings. The zero-order valence-corrected chi connectivity index (χ0v) is 15.3. The van der Waals surface area contributed by atoms with E-state index in [1.54, 1.807) is 24.3 Å². The van der Waals surface area contributed by atoms with Crippen molar-refractivity contribution < 1.29 is 24.8 Å². The number of halogens is 2. The number of rotatable bonds is 5. The van der Waals surface area contributed by atoms with Crippen LogP contribution in [-0.2, 0) is 4.74 Å². The van der Waals surface area contributed by atoms with Crippen molar-refractivity contribution in [1.29, 1.82) is 0 Å². The molecular weight excluding hydrogens is 481 g/mol. The van der Waals surface area contributed by atoms with E-state index in [2.05, 4.69) is 15.9 Å². The van der Waals surface area contributed by atoms with Gasteiger partial charge in [-0.3, -0.25) is 4.79 Å². The minimum Gasteiger partial charge on any atom is -0.595 e. The van der Waals surface area contributed by atoms with Gasteiger partial charge in [0.2, 0.25) is 5.78 Å². The van der Waals surface area contributed by atoms with Gasteiger partial charge in [-0.25, -0.2) is 10.0 Å². The second-order valence-electron chi connectivity index (χ2n) is 4.51. The number of hydrogen-bond donors (Lipinski definition) is 2. The molecule has 0 aliphatic heterocycles. The zero-order valence-electron chi connectivity index (χ0n) is 11.6. The summed E-state index contributed by atoms with van der Waals surface area (Å²) in [5.74, 6) is -1.08. The van der Waals surface area contributed by atoms with Crippen LogP contribution in [0.25, 0.3) is 0 Å². The molecule has 2 rings (SSSR count). The minimum absolute atomic E-state index is 0.0377. The highest BCUT2D eigenvalue weighted by atomic mass is 127. The Hall–Kier alpha value is -1.33. The smallest absolute Gasteiger partial charge is 0.338 e. The van der Waals surface area contributed by atoms with Crippen molar-refractivity contribution in [3.05, 3.63) is 66.8 Å². The third kappa shape index (κ3) is 4.82. The fraction of sp³-hybridized carbons (Fsp3) is 0.0667. The lowest BCUT2D eigenvalue weighted by atomic mass is 10.1. The van der Waals surface area contributed by atoms with Crippen LogP contribution in [0.3, 0.4) is 0 Å². The van der Waals surface area contributed by atoms with Crippen molar-refractivity contribution >= 4 is 56.0 Å². The maximum Gasteiger partial charge on any atom is 0.338 e. The van der Waals surface area contributed by atoms with Gasteiger partial charge < -0.3 is 9.94 Å². The molecule has 0 amide bonds. The molecule has 6 nitrogen and oxygen atoms in total. The molecule has 0 heterocycles. The van der Waals surface area contributed by atoms with Gasteiger partial charge in [-0.1, -0.05) is 15.9 Å². The molecule has 0 saturated carbocycles. The molecule has 0 aliphatic carbocycles. The summed E-state index contributed by atoms with van der Waals surface area (Å²) in [5, 5.41) is 19.0. The molecule has 2 N–H and O–H groups in total. The van der Waals surface area contributed by atoms with Crippen molar-refractivity contribution in [3.8, 4) is 0 Å². The summed E-state index contributed by atoms with van der Waals surface area (Å²) in [6.07, 6.45) is 0. The van der Waals surface area contributed by atoms with Crippen molar-refractivity contribution in [3.63, 3.8) is 0 Å². The lowest BCUT2D eigenvalue weighted by Crippen LogP contribution is -2.99. The molecule has 0 bridgehead atoms. The van der Waals surface area contributed by atoms with E-state index in [4.69, 9.17) is 9.94 Å². The quantitative estimate of drug-likeness (QED) is 0.290. The number of carbonyl (C=O) groups is 2. The molecule has 0 aliphatic rings. The maximum atomic E-state index is 12.0. The first-order chi connectivity index (χ1) is 10.9. The third-order valence-corrected chi connectivity index (χ3v) is 4.40. The lowest BCUT2D eigenvalue weighted by Gasteiger charge is -2.14. The Labute approximate surface area is 153 Å². The van der Waals surface area contributed by atoms with Gasteiger partial charge in [0.15, 0.2) is 12.3 Å². The van der Waals surface area contributed by atoms with Gasteiger partial charge in [-0.2, -0.15) is 5.23 Å². The predicted octanol–water partition coefficient (Wildman–Crippen LogP) is 2.50. The number of nitrogens with one attached hydrogen (secondary N) is 1. The zero-order chi connectivity index (χ0) is 17.0. The standard InChI is InChI=1S/C15H11BrINO5/c16-11-4-1-9(2-5-11)15(20)23-8-14(19)10-3-6-12(17)13(7-10)18(21)22/h1-7,18,21H,8H2. The maximum absolute atomic E-state index is 12.0. The highest BCUT2D eigenvalue weighted by Crippen LogP contribution is 2.17. The fourth-order valence-corrected chi connectivity index (χ4v) is 2.58. The number of carbonyl (C=O) groups excluding carboxylic acids is 2. The van der Waals surface area contributed by atoms with E-state index in [-0.39, 0.29) is 11.3 Å². The van der Waals surface area contributed by atoms with Gasteiger partial charge in [0.1, 0.15) is 0 Å². The van der Waals surface area contributed by atoms with Crippen molar-refractivity contribution in [2.24, 2.45) is 0 Å². The van der Waals surface area contributed by atoms with Gasteiger partial charge in [-0.15, -0.1) is 0 Å². The van der Waals surface area contributed by atoms with Crippen molar-refractivity contribution in [2.45, 2.75) is 0 Å². The topological polar surface area (TPSA) is 91.1 Å². The van der Waals surface area contributed by atoms with Crippen LogP contribution in [0.15, 0.2) is 46.9 Å². The van der Waals surface area contributed by atoms with Gasteiger partial charge in [0.05, 0.1) is 9.13 Å². The Morgan fingerprint density at radius 3 is 2.39 bits per heavy atom. The summed E-state index contributed by atoms with van der Waals surface area (Å²) < 4.78 is 6.31. The number of hydrogen-bond acceptors (Lipinski definition) is 5. The highest BCUT2D eigenvalue weighted by molar-refractivity contribution is 14.1. The van der Waals surface area contributed by atoms with E-state index < -0.39 is 23.6 Å². The first-order valence-corrected chi connectivity index (χ1v) is 8.24. The molecule has 0 saturated heterocycles. The van der Waals surface area contributed by atoms with E-state index in [1.807, 2.05) is 22.6 Å². The molecule has 0 spiro atoms. The van der Waals surface area contributed by atoms with E-state index in [9.17, 15) is 14.8 Å². The van der Waals surface area contributed by atoms with Gasteiger partial charge in [0, 0.05) is 16.1 Å². The van der Waals surface area contributed by atoms with E-state index >= 15 is 0 Å². The number of ether oxygens (including phenoxy) is 1. The highest BCUT2D eigenvalue weighted by Gasteiger charge is 2.15. The van der Waals surface area contributed by atoms with Crippen LogP contribution < -0.4 is 5.23 Å².